The normalized spacial score (nSPS) is 16.5. The van der Waals surface area contributed by atoms with Crippen molar-refractivity contribution in [1.29, 1.82) is 0 Å². The van der Waals surface area contributed by atoms with Crippen LogP contribution in [0.1, 0.15) is 37.4 Å². The number of halogens is 1. The first-order chi connectivity index (χ1) is 17.5. The van der Waals surface area contributed by atoms with E-state index >= 15 is 4.39 Å². The lowest BCUT2D eigenvalue weighted by Crippen LogP contribution is -2.27. The summed E-state index contributed by atoms with van der Waals surface area (Å²) in [6.07, 6.45) is 5.15. The van der Waals surface area contributed by atoms with Crippen molar-refractivity contribution >= 4 is 21.7 Å². The maximum atomic E-state index is 16.1. The number of ether oxygens (including phenoxy) is 1. The second-order valence-corrected chi connectivity index (χ2v) is 9.19. The van der Waals surface area contributed by atoms with Crippen LogP contribution in [0.2, 0.25) is 0 Å². The molecule has 0 aliphatic carbocycles. The Labute approximate surface area is 207 Å². The highest BCUT2D eigenvalue weighted by molar-refractivity contribution is 6.01. The van der Waals surface area contributed by atoms with E-state index in [9.17, 15) is 10.0 Å². The fourth-order valence-electron chi connectivity index (χ4n) is 5.17. The lowest BCUT2D eigenvalue weighted by atomic mass is 9.94. The Hall–Kier alpha value is -3.72. The van der Waals surface area contributed by atoms with Gasteiger partial charge >= 0.3 is 6.01 Å². The minimum absolute atomic E-state index is 0.00667. The molecular formula is C27H28FN5O3. The van der Waals surface area contributed by atoms with Crippen molar-refractivity contribution in [2.75, 3.05) is 13.7 Å². The molecule has 4 aromatic rings. The van der Waals surface area contributed by atoms with Crippen LogP contribution in [0.3, 0.4) is 0 Å². The third-order valence-corrected chi connectivity index (χ3v) is 6.91. The van der Waals surface area contributed by atoms with Gasteiger partial charge in [0.2, 0.25) is 0 Å². The van der Waals surface area contributed by atoms with Crippen LogP contribution in [0.15, 0.2) is 41.7 Å². The van der Waals surface area contributed by atoms with E-state index in [-0.39, 0.29) is 35.4 Å². The molecule has 1 aliphatic rings. The molecule has 9 heteroatoms. The SMILES string of the molecule is CCc1cccc2cc(O)cc(-c3ncc4c(CC(CC5CCCN5)N=O)nc(OC)nc4c3F)c12. The number of aromatic nitrogens is 3. The van der Waals surface area contributed by atoms with Gasteiger partial charge in [-0.25, -0.2) is 4.39 Å². The van der Waals surface area contributed by atoms with E-state index in [1.807, 2.05) is 25.1 Å². The van der Waals surface area contributed by atoms with E-state index in [2.05, 4.69) is 25.4 Å². The first-order valence-corrected chi connectivity index (χ1v) is 12.2. The third-order valence-electron chi connectivity index (χ3n) is 6.91. The Morgan fingerprint density at radius 2 is 2.17 bits per heavy atom. The summed E-state index contributed by atoms with van der Waals surface area (Å²) in [6, 6.07) is 8.68. The summed E-state index contributed by atoms with van der Waals surface area (Å²) in [5.74, 6) is -0.617. The number of nitrogens with one attached hydrogen (secondary N) is 1. The summed E-state index contributed by atoms with van der Waals surface area (Å²) in [6.45, 7) is 2.96. The average molecular weight is 490 g/mol. The van der Waals surface area contributed by atoms with Crippen LogP contribution in [-0.4, -0.2) is 45.8 Å². The highest BCUT2D eigenvalue weighted by Crippen LogP contribution is 2.37. The number of phenols is 1. The second-order valence-electron chi connectivity index (χ2n) is 9.19. The molecule has 0 saturated carbocycles. The molecule has 2 aromatic carbocycles. The number of rotatable bonds is 8. The molecule has 186 valence electrons. The number of phenolic OH excluding ortho intramolecular Hbond substituents is 1. The van der Waals surface area contributed by atoms with E-state index < -0.39 is 11.9 Å². The largest absolute Gasteiger partial charge is 0.508 e. The summed E-state index contributed by atoms with van der Waals surface area (Å²) < 4.78 is 21.4. The van der Waals surface area contributed by atoms with Crippen LogP contribution in [0, 0.1) is 10.7 Å². The van der Waals surface area contributed by atoms with Crippen molar-refractivity contribution in [3.05, 3.63) is 58.5 Å². The Morgan fingerprint density at radius 3 is 2.89 bits per heavy atom. The zero-order valence-corrected chi connectivity index (χ0v) is 20.3. The standard InChI is InChI=1S/C27H28FN5O3/c1-3-15-6-4-7-16-10-19(34)13-20(23(15)16)25-24(28)26-21(14-30-25)22(31-27(32-26)36-2)12-18(33-35)11-17-8-5-9-29-17/h4,6-7,10,13-14,17-18,29,34H,3,5,8-9,11-12H2,1-2H3. The van der Waals surface area contributed by atoms with Gasteiger partial charge < -0.3 is 15.2 Å². The number of fused-ring (bicyclic) bond motifs is 2. The summed E-state index contributed by atoms with van der Waals surface area (Å²) in [4.78, 5) is 24.8. The Balaban J connectivity index is 1.64. The number of aryl methyl sites for hydroxylation is 1. The van der Waals surface area contributed by atoms with Crippen LogP contribution in [0.25, 0.3) is 32.9 Å². The van der Waals surface area contributed by atoms with Gasteiger partial charge in [-0.15, -0.1) is 0 Å². The number of hydrogen-bond donors (Lipinski definition) is 2. The van der Waals surface area contributed by atoms with E-state index in [0.717, 1.165) is 42.1 Å². The van der Waals surface area contributed by atoms with Gasteiger partial charge in [0.05, 0.1) is 18.8 Å². The Kier molecular flexibility index (Phi) is 6.73. The molecule has 2 N–H and O–H groups in total. The van der Waals surface area contributed by atoms with Crippen LogP contribution < -0.4 is 10.1 Å². The molecule has 0 spiro atoms. The Bertz CT molecular complexity index is 1440. The average Bonchev–Trinajstić information content (AvgIpc) is 3.40. The molecule has 0 radical (unpaired) electrons. The first-order valence-electron chi connectivity index (χ1n) is 12.2. The van der Waals surface area contributed by atoms with E-state index in [4.69, 9.17) is 4.74 Å². The number of aromatic hydroxyl groups is 1. The predicted molar refractivity (Wildman–Crippen MR) is 137 cm³/mol. The molecular weight excluding hydrogens is 461 g/mol. The lowest BCUT2D eigenvalue weighted by molar-refractivity contribution is 0.378. The maximum Gasteiger partial charge on any atom is 0.317 e. The van der Waals surface area contributed by atoms with E-state index in [0.29, 0.717) is 23.1 Å². The van der Waals surface area contributed by atoms with Gasteiger partial charge in [0.25, 0.3) is 0 Å². The van der Waals surface area contributed by atoms with Crippen LogP contribution in [0.4, 0.5) is 4.39 Å². The summed E-state index contributed by atoms with van der Waals surface area (Å²) in [5.41, 5.74) is 2.10. The fraction of sp³-hybridized carbons (Fsp3) is 0.370. The molecule has 1 fully saturated rings. The quantitative estimate of drug-likeness (QED) is 0.332. The summed E-state index contributed by atoms with van der Waals surface area (Å²) >= 11 is 0. The Morgan fingerprint density at radius 1 is 1.31 bits per heavy atom. The van der Waals surface area contributed by atoms with Crippen molar-refractivity contribution in [2.24, 2.45) is 5.18 Å². The zero-order chi connectivity index (χ0) is 25.2. The number of pyridine rings is 1. The van der Waals surface area contributed by atoms with Gasteiger partial charge in [-0.05, 0) is 60.7 Å². The van der Waals surface area contributed by atoms with Crippen molar-refractivity contribution in [1.82, 2.24) is 20.3 Å². The van der Waals surface area contributed by atoms with Crippen LogP contribution >= 0.6 is 0 Å². The lowest BCUT2D eigenvalue weighted by Gasteiger charge is -2.16. The molecule has 36 heavy (non-hydrogen) atoms. The minimum atomic E-state index is -0.639. The molecule has 0 bridgehead atoms. The monoisotopic (exact) mass is 489 g/mol. The van der Waals surface area contributed by atoms with Crippen LogP contribution in [-0.2, 0) is 12.8 Å². The minimum Gasteiger partial charge on any atom is -0.508 e. The second kappa shape index (κ2) is 10.1. The highest BCUT2D eigenvalue weighted by Gasteiger charge is 2.24. The molecule has 8 nitrogen and oxygen atoms in total. The number of methoxy groups -OCH3 is 1. The smallest absolute Gasteiger partial charge is 0.317 e. The molecule has 1 aliphatic heterocycles. The highest BCUT2D eigenvalue weighted by atomic mass is 19.1. The van der Waals surface area contributed by atoms with Gasteiger partial charge in [-0.1, -0.05) is 30.3 Å². The predicted octanol–water partition coefficient (Wildman–Crippen LogP) is 5.08. The van der Waals surface area contributed by atoms with Gasteiger partial charge in [0.15, 0.2) is 5.82 Å². The van der Waals surface area contributed by atoms with Gasteiger partial charge in [-0.3, -0.25) is 4.98 Å². The van der Waals surface area contributed by atoms with Crippen molar-refractivity contribution in [2.45, 2.75) is 51.1 Å². The molecule has 0 amide bonds. The molecule has 2 atom stereocenters. The number of nitroso groups, excluding NO2 is 1. The molecule has 1 saturated heterocycles. The summed E-state index contributed by atoms with van der Waals surface area (Å²) in [7, 11) is 1.42. The van der Waals surface area contributed by atoms with Gasteiger partial charge in [-0.2, -0.15) is 14.9 Å². The number of nitrogens with zero attached hydrogens (tertiary/aromatic N) is 4. The molecule has 2 aromatic heterocycles. The van der Waals surface area contributed by atoms with E-state index in [1.54, 1.807) is 6.07 Å². The van der Waals surface area contributed by atoms with Crippen molar-refractivity contribution < 1.29 is 14.2 Å². The topological polar surface area (TPSA) is 110 Å². The fourth-order valence-corrected chi connectivity index (χ4v) is 5.17. The van der Waals surface area contributed by atoms with Gasteiger partial charge in [0, 0.05) is 29.6 Å². The summed E-state index contributed by atoms with van der Waals surface area (Å²) in [5, 5.41) is 19.1. The molecule has 2 unspecified atom stereocenters. The van der Waals surface area contributed by atoms with E-state index in [1.165, 1.54) is 19.4 Å². The van der Waals surface area contributed by atoms with Gasteiger partial charge in [0.1, 0.15) is 17.0 Å². The first kappa shape index (κ1) is 24.0. The molecule has 5 rings (SSSR count). The third kappa shape index (κ3) is 4.46. The van der Waals surface area contributed by atoms with Crippen molar-refractivity contribution in [3.63, 3.8) is 0 Å². The van der Waals surface area contributed by atoms with Crippen molar-refractivity contribution in [3.8, 4) is 23.0 Å². The molecule has 3 heterocycles. The number of benzene rings is 2. The maximum absolute atomic E-state index is 16.1. The zero-order valence-electron chi connectivity index (χ0n) is 20.3. The van der Waals surface area contributed by atoms with Crippen LogP contribution in [0.5, 0.6) is 11.8 Å². The number of hydrogen-bond acceptors (Lipinski definition) is 8.